The molecule has 0 saturated heterocycles. The normalized spacial score (nSPS) is 11.1. The minimum Gasteiger partial charge on any atom is -0.430 e. The zero-order valence-corrected chi connectivity index (χ0v) is 18.5. The lowest BCUT2D eigenvalue weighted by molar-refractivity contribution is -0.107. The van der Waals surface area contributed by atoms with E-state index in [-0.39, 0.29) is 5.91 Å². The van der Waals surface area contributed by atoms with Crippen molar-refractivity contribution in [1.29, 1.82) is 0 Å². The van der Waals surface area contributed by atoms with E-state index in [9.17, 15) is 9.59 Å². The van der Waals surface area contributed by atoms with E-state index >= 15 is 0 Å². The van der Waals surface area contributed by atoms with E-state index in [1.807, 2.05) is 37.5 Å². The van der Waals surface area contributed by atoms with E-state index in [2.05, 4.69) is 20.3 Å². The van der Waals surface area contributed by atoms with Crippen LogP contribution in [0.25, 0.3) is 11.2 Å². The average molecular weight is 431 g/mol. The Hall–Kier alpha value is -2.88. The van der Waals surface area contributed by atoms with Crippen molar-refractivity contribution in [2.45, 2.75) is 51.1 Å². The number of oxazole rings is 1. The molecule has 0 aliphatic carbocycles. The Labute approximate surface area is 179 Å². The third-order valence-corrected chi connectivity index (χ3v) is 5.46. The summed E-state index contributed by atoms with van der Waals surface area (Å²) in [6, 6.07) is 3.72. The van der Waals surface area contributed by atoms with Crippen molar-refractivity contribution < 1.29 is 14.0 Å². The summed E-state index contributed by atoms with van der Waals surface area (Å²) in [4.78, 5) is 39.2. The fraction of sp³-hybridized carbons (Fsp3) is 0.450. The SMILES string of the molecule is CCCCN(C=O)c1nc(CSc2nc3nc(C)ccc3o2)n(CC)c1C(=O)NC. The van der Waals surface area contributed by atoms with Gasteiger partial charge in [0, 0.05) is 25.8 Å². The molecule has 3 aromatic heterocycles. The molecular weight excluding hydrogens is 404 g/mol. The van der Waals surface area contributed by atoms with Crippen molar-refractivity contribution >= 4 is 41.1 Å². The van der Waals surface area contributed by atoms with Crippen LogP contribution in [-0.2, 0) is 17.1 Å². The minimum absolute atomic E-state index is 0.277. The number of carbonyl (C=O) groups is 2. The second-order valence-electron chi connectivity index (χ2n) is 6.72. The number of carbonyl (C=O) groups excluding carboxylic acids is 2. The van der Waals surface area contributed by atoms with Crippen LogP contribution in [0.4, 0.5) is 5.82 Å². The number of rotatable bonds is 10. The molecular formula is C20H26N6O3S. The van der Waals surface area contributed by atoms with Crippen molar-refractivity contribution in [3.8, 4) is 0 Å². The largest absolute Gasteiger partial charge is 0.430 e. The van der Waals surface area contributed by atoms with E-state index in [4.69, 9.17) is 4.42 Å². The van der Waals surface area contributed by atoms with Crippen LogP contribution in [0.15, 0.2) is 21.8 Å². The molecule has 9 nitrogen and oxygen atoms in total. The molecule has 0 unspecified atom stereocenters. The Morgan fingerprint density at radius 2 is 2.10 bits per heavy atom. The van der Waals surface area contributed by atoms with Crippen molar-refractivity contribution in [3.05, 3.63) is 29.3 Å². The molecule has 0 bridgehead atoms. The first-order valence-electron chi connectivity index (χ1n) is 9.92. The lowest BCUT2D eigenvalue weighted by Crippen LogP contribution is -2.28. The Bertz CT molecular complexity index is 1040. The van der Waals surface area contributed by atoms with Gasteiger partial charge in [-0.1, -0.05) is 25.1 Å². The number of aryl methyl sites for hydroxylation is 1. The third-order valence-electron chi connectivity index (χ3n) is 4.64. The molecule has 3 heterocycles. The minimum atomic E-state index is -0.277. The van der Waals surface area contributed by atoms with Gasteiger partial charge in [0.15, 0.2) is 22.7 Å². The molecule has 160 valence electrons. The quantitative estimate of drug-likeness (QED) is 0.389. The fourth-order valence-corrected chi connectivity index (χ4v) is 3.87. The highest BCUT2D eigenvalue weighted by Gasteiger charge is 2.25. The van der Waals surface area contributed by atoms with Crippen molar-refractivity contribution in [2.75, 3.05) is 18.5 Å². The Morgan fingerprint density at radius 3 is 2.77 bits per heavy atom. The summed E-state index contributed by atoms with van der Waals surface area (Å²) in [7, 11) is 1.57. The maximum absolute atomic E-state index is 12.6. The van der Waals surface area contributed by atoms with Crippen LogP contribution >= 0.6 is 11.8 Å². The van der Waals surface area contributed by atoms with E-state index in [0.717, 1.165) is 24.9 Å². The van der Waals surface area contributed by atoms with Gasteiger partial charge in [0.05, 0.1) is 5.75 Å². The predicted octanol–water partition coefficient (Wildman–Crippen LogP) is 3.16. The molecule has 0 aliphatic rings. The number of nitrogens with zero attached hydrogens (tertiary/aromatic N) is 5. The van der Waals surface area contributed by atoms with Crippen LogP contribution in [0.5, 0.6) is 0 Å². The van der Waals surface area contributed by atoms with Gasteiger partial charge in [-0.25, -0.2) is 9.97 Å². The van der Waals surface area contributed by atoms with Crippen LogP contribution in [0.2, 0.25) is 0 Å². The fourth-order valence-electron chi connectivity index (χ4n) is 3.10. The van der Waals surface area contributed by atoms with Gasteiger partial charge >= 0.3 is 0 Å². The zero-order valence-electron chi connectivity index (χ0n) is 17.6. The monoisotopic (exact) mass is 430 g/mol. The smallest absolute Gasteiger partial charge is 0.271 e. The highest BCUT2D eigenvalue weighted by Crippen LogP contribution is 2.29. The van der Waals surface area contributed by atoms with Crippen LogP contribution in [0.1, 0.15) is 48.7 Å². The summed E-state index contributed by atoms with van der Waals surface area (Å²) >= 11 is 1.37. The molecule has 10 heteroatoms. The van der Waals surface area contributed by atoms with Gasteiger partial charge in [0.25, 0.3) is 11.1 Å². The molecule has 2 amide bonds. The van der Waals surface area contributed by atoms with Gasteiger partial charge in [-0.05, 0) is 32.4 Å². The van der Waals surface area contributed by atoms with Crippen LogP contribution < -0.4 is 10.2 Å². The van der Waals surface area contributed by atoms with Gasteiger partial charge in [0.2, 0.25) is 6.41 Å². The van der Waals surface area contributed by atoms with Crippen LogP contribution in [-0.4, -0.2) is 45.4 Å². The lowest BCUT2D eigenvalue weighted by Gasteiger charge is -2.16. The maximum atomic E-state index is 12.6. The number of aromatic nitrogens is 4. The molecule has 1 N–H and O–H groups in total. The first-order chi connectivity index (χ1) is 14.5. The van der Waals surface area contributed by atoms with Gasteiger partial charge in [-0.15, -0.1) is 0 Å². The number of anilines is 1. The highest BCUT2D eigenvalue weighted by molar-refractivity contribution is 7.98. The molecule has 0 aliphatic heterocycles. The van der Waals surface area contributed by atoms with Gasteiger partial charge < -0.3 is 14.3 Å². The summed E-state index contributed by atoms with van der Waals surface area (Å²) in [5.41, 5.74) is 2.44. The zero-order chi connectivity index (χ0) is 21.7. The number of thioether (sulfide) groups is 1. The first-order valence-corrected chi connectivity index (χ1v) is 10.9. The summed E-state index contributed by atoms with van der Waals surface area (Å²) < 4.78 is 7.58. The number of fused-ring (bicyclic) bond motifs is 1. The molecule has 0 fully saturated rings. The summed E-state index contributed by atoms with van der Waals surface area (Å²) in [6.45, 7) is 6.94. The maximum Gasteiger partial charge on any atom is 0.271 e. The van der Waals surface area contributed by atoms with Gasteiger partial charge in [-0.3, -0.25) is 14.5 Å². The number of amides is 2. The first kappa shape index (κ1) is 21.8. The number of imidazole rings is 1. The van der Waals surface area contributed by atoms with Crippen molar-refractivity contribution in [3.63, 3.8) is 0 Å². The topological polar surface area (TPSA) is 106 Å². The number of unbranched alkanes of at least 4 members (excludes halogenated alkanes) is 1. The molecule has 3 rings (SSSR count). The molecule has 3 aromatic rings. The molecule has 0 spiro atoms. The summed E-state index contributed by atoms with van der Waals surface area (Å²) in [5, 5.41) is 3.13. The number of hydrogen-bond acceptors (Lipinski definition) is 7. The second-order valence-corrected chi connectivity index (χ2v) is 7.65. The average Bonchev–Trinajstić information content (AvgIpc) is 3.32. The number of nitrogens with one attached hydrogen (secondary N) is 1. The Kier molecular flexibility index (Phi) is 7.09. The molecule has 0 atom stereocenters. The van der Waals surface area contributed by atoms with Gasteiger partial charge in [0.1, 0.15) is 5.82 Å². The molecule has 30 heavy (non-hydrogen) atoms. The van der Waals surface area contributed by atoms with Crippen molar-refractivity contribution in [2.24, 2.45) is 0 Å². The summed E-state index contributed by atoms with van der Waals surface area (Å²) in [5.74, 6) is 1.21. The number of pyridine rings is 1. The standard InChI is InChI=1S/C20H26N6O3S/c1-5-7-10-25(12-27)18-16(19(28)21-4)26(6-2)15(23-18)11-30-20-24-17-14(29-20)9-8-13(3)22-17/h8-9,12H,5-7,10-11H2,1-4H3,(H,21,28). The number of hydrogen-bond donors (Lipinski definition) is 1. The van der Waals surface area contributed by atoms with Crippen LogP contribution in [0.3, 0.4) is 0 Å². The van der Waals surface area contributed by atoms with E-state index in [1.54, 1.807) is 7.05 Å². The third kappa shape index (κ3) is 4.48. The van der Waals surface area contributed by atoms with Crippen molar-refractivity contribution in [1.82, 2.24) is 24.8 Å². The molecule has 0 aromatic carbocycles. The van der Waals surface area contributed by atoms with Crippen LogP contribution in [0, 0.1) is 6.92 Å². The highest BCUT2D eigenvalue weighted by atomic mass is 32.2. The Morgan fingerprint density at radius 1 is 1.30 bits per heavy atom. The summed E-state index contributed by atoms with van der Waals surface area (Å²) in [6.07, 6.45) is 2.49. The predicted molar refractivity (Wildman–Crippen MR) is 116 cm³/mol. The van der Waals surface area contributed by atoms with E-state index in [1.165, 1.54) is 16.7 Å². The second kappa shape index (κ2) is 9.75. The van der Waals surface area contributed by atoms with Gasteiger partial charge in [-0.2, -0.15) is 4.98 Å². The Balaban J connectivity index is 1.92. The van der Waals surface area contributed by atoms with E-state index < -0.39 is 0 Å². The molecule has 0 radical (unpaired) electrons. The molecule has 0 saturated carbocycles. The van der Waals surface area contributed by atoms with E-state index in [0.29, 0.717) is 52.6 Å². The lowest BCUT2D eigenvalue weighted by atomic mass is 10.3.